The van der Waals surface area contributed by atoms with Gasteiger partial charge in [0.1, 0.15) is 10.6 Å². The number of hydrogen-bond donors (Lipinski definition) is 2. The van der Waals surface area contributed by atoms with Crippen LogP contribution in [0.1, 0.15) is 31.7 Å². The first kappa shape index (κ1) is 21.5. The van der Waals surface area contributed by atoms with Gasteiger partial charge in [-0.1, -0.05) is 13.3 Å². The SMILES string of the molecule is CCCCC(=O)Nc1nc(Nc2ccc(N3CCN(C)CC3)cc2)nc2scc(C)c12. The van der Waals surface area contributed by atoms with Crippen molar-refractivity contribution in [1.29, 1.82) is 0 Å². The average Bonchev–Trinajstić information content (AvgIpc) is 3.14. The molecule has 7 nitrogen and oxygen atoms in total. The molecular formula is C23H30N6OS. The van der Waals surface area contributed by atoms with Crippen LogP contribution in [0.4, 0.5) is 23.1 Å². The Labute approximate surface area is 187 Å². The molecule has 2 N–H and O–H groups in total. The maximum absolute atomic E-state index is 12.3. The first-order chi connectivity index (χ1) is 15.0. The number of likely N-dealkylation sites (N-methyl/N-ethyl adjacent to an activating group) is 1. The zero-order chi connectivity index (χ0) is 21.8. The standard InChI is InChI=1S/C23H30N6OS/c1-4-5-6-19(30)25-21-20-16(2)15-31-22(20)27-23(26-21)24-17-7-9-18(10-8-17)29-13-11-28(3)12-14-29/h7-10,15H,4-6,11-14H2,1-3H3,(H2,24,25,26,27,30). The van der Waals surface area contributed by atoms with Gasteiger partial charge in [-0.3, -0.25) is 4.79 Å². The molecule has 0 aliphatic carbocycles. The molecule has 8 heteroatoms. The molecule has 1 amide bonds. The van der Waals surface area contributed by atoms with Crippen LogP contribution in [0.15, 0.2) is 29.6 Å². The van der Waals surface area contributed by atoms with Gasteiger partial charge in [-0.25, -0.2) is 4.98 Å². The predicted octanol–water partition coefficient (Wildman–Crippen LogP) is 4.62. The van der Waals surface area contributed by atoms with E-state index >= 15 is 0 Å². The molecule has 0 atom stereocenters. The minimum Gasteiger partial charge on any atom is -0.369 e. The highest BCUT2D eigenvalue weighted by Crippen LogP contribution is 2.31. The third kappa shape index (κ3) is 5.14. The Morgan fingerprint density at radius 2 is 1.87 bits per heavy atom. The number of aromatic nitrogens is 2. The molecule has 0 bridgehead atoms. The largest absolute Gasteiger partial charge is 0.369 e. The minimum absolute atomic E-state index is 0.00470. The fourth-order valence-corrected chi connectivity index (χ4v) is 4.63. The van der Waals surface area contributed by atoms with Crippen LogP contribution in [-0.2, 0) is 4.79 Å². The number of carbonyl (C=O) groups excluding carboxylic acids is 1. The van der Waals surface area contributed by atoms with Crippen LogP contribution in [-0.4, -0.2) is 54.0 Å². The third-order valence-corrected chi connectivity index (χ3v) is 6.61. The number of piperazine rings is 1. The van der Waals surface area contributed by atoms with Crippen molar-refractivity contribution in [2.75, 3.05) is 48.8 Å². The number of unbranched alkanes of at least 4 members (excludes halogenated alkanes) is 1. The number of carbonyl (C=O) groups is 1. The molecule has 4 rings (SSSR count). The van der Waals surface area contributed by atoms with E-state index in [1.807, 2.05) is 6.92 Å². The van der Waals surface area contributed by atoms with Crippen LogP contribution < -0.4 is 15.5 Å². The highest BCUT2D eigenvalue weighted by molar-refractivity contribution is 7.17. The van der Waals surface area contributed by atoms with Gasteiger partial charge in [-0.15, -0.1) is 11.3 Å². The van der Waals surface area contributed by atoms with Crippen molar-refractivity contribution in [2.45, 2.75) is 33.1 Å². The molecule has 0 saturated carbocycles. The van der Waals surface area contributed by atoms with Crippen molar-refractivity contribution in [3.8, 4) is 0 Å². The molecule has 1 aromatic carbocycles. The molecule has 3 aromatic rings. The number of thiophene rings is 1. The van der Waals surface area contributed by atoms with Crippen molar-refractivity contribution >= 4 is 50.6 Å². The number of fused-ring (bicyclic) bond motifs is 1. The van der Waals surface area contributed by atoms with Gasteiger partial charge in [-0.2, -0.15) is 4.98 Å². The predicted molar refractivity (Wildman–Crippen MR) is 130 cm³/mol. The van der Waals surface area contributed by atoms with Gasteiger partial charge < -0.3 is 20.4 Å². The van der Waals surface area contributed by atoms with Crippen molar-refractivity contribution in [3.63, 3.8) is 0 Å². The van der Waals surface area contributed by atoms with Crippen LogP contribution in [0.5, 0.6) is 0 Å². The molecule has 2 aromatic heterocycles. The Morgan fingerprint density at radius 3 is 2.58 bits per heavy atom. The van der Waals surface area contributed by atoms with E-state index in [-0.39, 0.29) is 5.91 Å². The van der Waals surface area contributed by atoms with Crippen molar-refractivity contribution in [1.82, 2.24) is 14.9 Å². The lowest BCUT2D eigenvalue weighted by Gasteiger charge is -2.34. The molecule has 1 aliphatic rings. The fourth-order valence-electron chi connectivity index (χ4n) is 3.71. The van der Waals surface area contributed by atoms with E-state index in [0.717, 1.165) is 60.5 Å². The van der Waals surface area contributed by atoms with Crippen LogP contribution in [0.25, 0.3) is 10.2 Å². The monoisotopic (exact) mass is 438 g/mol. The summed E-state index contributed by atoms with van der Waals surface area (Å²) in [6.45, 7) is 8.36. The number of benzene rings is 1. The number of nitrogens with zero attached hydrogens (tertiary/aromatic N) is 4. The van der Waals surface area contributed by atoms with Crippen molar-refractivity contribution in [3.05, 3.63) is 35.2 Å². The molecule has 31 heavy (non-hydrogen) atoms. The zero-order valence-corrected chi connectivity index (χ0v) is 19.3. The van der Waals surface area contributed by atoms with E-state index in [4.69, 9.17) is 0 Å². The summed E-state index contributed by atoms with van der Waals surface area (Å²) < 4.78 is 0. The molecule has 0 radical (unpaired) electrons. The number of anilines is 4. The second-order valence-electron chi connectivity index (χ2n) is 8.11. The van der Waals surface area contributed by atoms with Crippen LogP contribution in [0, 0.1) is 6.92 Å². The molecule has 1 aliphatic heterocycles. The maximum atomic E-state index is 12.3. The summed E-state index contributed by atoms with van der Waals surface area (Å²) >= 11 is 1.57. The highest BCUT2D eigenvalue weighted by atomic mass is 32.1. The summed E-state index contributed by atoms with van der Waals surface area (Å²) in [6.07, 6.45) is 2.36. The number of rotatable bonds is 7. The molecule has 0 unspecified atom stereocenters. The lowest BCUT2D eigenvalue weighted by Crippen LogP contribution is -2.44. The molecule has 1 saturated heterocycles. The maximum Gasteiger partial charge on any atom is 0.230 e. The lowest BCUT2D eigenvalue weighted by atomic mass is 10.2. The van der Waals surface area contributed by atoms with E-state index in [0.29, 0.717) is 18.2 Å². The molecule has 0 spiro atoms. The first-order valence-electron chi connectivity index (χ1n) is 10.9. The smallest absolute Gasteiger partial charge is 0.230 e. The molecule has 1 fully saturated rings. The van der Waals surface area contributed by atoms with Crippen LogP contribution >= 0.6 is 11.3 Å². The summed E-state index contributed by atoms with van der Waals surface area (Å²) in [6, 6.07) is 8.38. The topological polar surface area (TPSA) is 73.4 Å². The second kappa shape index (κ2) is 9.62. The normalized spacial score (nSPS) is 14.7. The number of amides is 1. The van der Waals surface area contributed by atoms with Gasteiger partial charge >= 0.3 is 0 Å². The lowest BCUT2D eigenvalue weighted by molar-refractivity contribution is -0.116. The van der Waals surface area contributed by atoms with Gasteiger partial charge in [0.15, 0.2) is 0 Å². The second-order valence-corrected chi connectivity index (χ2v) is 8.97. The first-order valence-corrected chi connectivity index (χ1v) is 11.8. The van der Waals surface area contributed by atoms with Gasteiger partial charge in [0.2, 0.25) is 11.9 Å². The van der Waals surface area contributed by atoms with E-state index in [9.17, 15) is 4.79 Å². The van der Waals surface area contributed by atoms with Gasteiger partial charge in [0.25, 0.3) is 0 Å². The summed E-state index contributed by atoms with van der Waals surface area (Å²) in [7, 11) is 2.16. The van der Waals surface area contributed by atoms with E-state index < -0.39 is 0 Å². The summed E-state index contributed by atoms with van der Waals surface area (Å²) in [4.78, 5) is 27.3. The minimum atomic E-state index is -0.00470. The Kier molecular flexibility index (Phi) is 6.67. The fraction of sp³-hybridized carbons (Fsp3) is 0.435. The quantitative estimate of drug-likeness (QED) is 0.561. The molecule has 3 heterocycles. The third-order valence-electron chi connectivity index (χ3n) is 5.62. The summed E-state index contributed by atoms with van der Waals surface area (Å²) in [5.74, 6) is 1.07. The number of aryl methyl sites for hydroxylation is 1. The Hall–Kier alpha value is -2.71. The molecule has 164 valence electrons. The Balaban J connectivity index is 1.52. The average molecular weight is 439 g/mol. The Bertz CT molecular complexity index is 1040. The van der Waals surface area contributed by atoms with Gasteiger partial charge in [0, 0.05) is 44.0 Å². The zero-order valence-electron chi connectivity index (χ0n) is 18.4. The number of nitrogens with one attached hydrogen (secondary N) is 2. The van der Waals surface area contributed by atoms with Crippen LogP contribution in [0.2, 0.25) is 0 Å². The summed E-state index contributed by atoms with van der Waals surface area (Å²) in [5.41, 5.74) is 3.23. The highest BCUT2D eigenvalue weighted by Gasteiger charge is 2.16. The molecular weight excluding hydrogens is 408 g/mol. The number of hydrogen-bond acceptors (Lipinski definition) is 7. The Morgan fingerprint density at radius 1 is 1.13 bits per heavy atom. The van der Waals surface area contributed by atoms with Crippen LogP contribution in [0.3, 0.4) is 0 Å². The van der Waals surface area contributed by atoms with E-state index in [2.05, 4.69) is 74.0 Å². The van der Waals surface area contributed by atoms with E-state index in [1.54, 1.807) is 11.3 Å². The van der Waals surface area contributed by atoms with Crippen molar-refractivity contribution in [2.24, 2.45) is 0 Å². The van der Waals surface area contributed by atoms with E-state index in [1.165, 1.54) is 5.69 Å². The van der Waals surface area contributed by atoms with Crippen molar-refractivity contribution < 1.29 is 4.79 Å². The van der Waals surface area contributed by atoms with Gasteiger partial charge in [0.05, 0.1) is 5.39 Å². The van der Waals surface area contributed by atoms with Gasteiger partial charge in [-0.05, 0) is 55.6 Å². The summed E-state index contributed by atoms with van der Waals surface area (Å²) in [5, 5.41) is 9.27.